The number of anilines is 2. The maximum atomic E-state index is 14.6. The number of nitrogens with zero attached hydrogens (tertiary/aromatic N) is 3. The molecule has 0 radical (unpaired) electrons. The summed E-state index contributed by atoms with van der Waals surface area (Å²) in [7, 11) is 1.81. The standard InChI is InChI=1S/C38H37N3O4/c1-6-41-30-19-29-27(18-26(30)21(2)20-38(41,3)4)35-32(36(42)39(29)5)31(23-12-7-8-13-24(23)37(43)44)28-17-22-11-9-15-40-16-10-14-25(33(22)40)34(28)45-35/h7-8,12-13,17-20H,6,9-11,14-16H2,1-5H3/p+1. The molecular weight excluding hydrogens is 562 g/mol. The van der Waals surface area contributed by atoms with Crippen molar-refractivity contribution < 1.29 is 18.9 Å². The van der Waals surface area contributed by atoms with Crippen molar-refractivity contribution in [3.05, 3.63) is 81.1 Å². The van der Waals surface area contributed by atoms with E-state index in [1.807, 2.05) is 19.2 Å². The molecule has 45 heavy (non-hydrogen) atoms. The Hall–Kier alpha value is -4.65. The van der Waals surface area contributed by atoms with Crippen molar-refractivity contribution >= 4 is 44.8 Å². The fourth-order valence-corrected chi connectivity index (χ4v) is 8.52. The molecule has 5 heterocycles. The van der Waals surface area contributed by atoms with Crippen LogP contribution in [0.25, 0.3) is 49.9 Å². The highest BCUT2D eigenvalue weighted by Crippen LogP contribution is 2.49. The highest BCUT2D eigenvalue weighted by atomic mass is 16.4. The van der Waals surface area contributed by atoms with Gasteiger partial charge in [-0.05, 0) is 88.3 Å². The molecule has 3 aromatic rings. The maximum Gasteiger partial charge on any atom is 0.424 e. The minimum absolute atomic E-state index is 0.170. The number of fused-ring (bicyclic) bond motifs is 6. The second kappa shape index (κ2) is 9.67. The number of likely N-dealkylation sites (N-methyl/N-ethyl adjacent to an activating group) is 1. The van der Waals surface area contributed by atoms with Crippen molar-refractivity contribution in [2.24, 2.45) is 7.05 Å². The zero-order valence-electron chi connectivity index (χ0n) is 26.6. The summed E-state index contributed by atoms with van der Waals surface area (Å²) in [5.74, 6) is -0.503. The Morgan fingerprint density at radius 3 is 2.53 bits per heavy atom. The quantitative estimate of drug-likeness (QED) is 0.137. The SMILES string of the molecule is CCN1c2cc3c(cc2C(C)=CC1(C)C)c1oc2c4c5c(cc2c(-c2ccccc2C(=O)O)c-1c(=O)[n+]3C)CCCN5CCC4. The minimum atomic E-state index is -1.02. The molecule has 0 bridgehead atoms. The molecule has 0 fully saturated rings. The van der Waals surface area contributed by atoms with E-state index in [1.54, 1.807) is 16.7 Å². The lowest BCUT2D eigenvalue weighted by Gasteiger charge is -2.42. The first-order chi connectivity index (χ1) is 21.6. The van der Waals surface area contributed by atoms with Gasteiger partial charge in [-0.25, -0.2) is 9.59 Å². The molecule has 0 aliphatic carbocycles. The van der Waals surface area contributed by atoms with Crippen LogP contribution in [-0.4, -0.2) is 36.2 Å². The first-order valence-corrected chi connectivity index (χ1v) is 16.1. The molecule has 228 valence electrons. The summed E-state index contributed by atoms with van der Waals surface area (Å²) in [6, 6.07) is 13.5. The maximum absolute atomic E-state index is 14.6. The van der Waals surface area contributed by atoms with Gasteiger partial charge in [0.05, 0.1) is 22.2 Å². The summed E-state index contributed by atoms with van der Waals surface area (Å²) in [6.45, 7) is 11.6. The van der Waals surface area contributed by atoms with Gasteiger partial charge >= 0.3 is 11.5 Å². The lowest BCUT2D eigenvalue weighted by Crippen LogP contribution is -2.49. The number of carboxylic acids is 1. The molecule has 0 aromatic heterocycles. The largest absolute Gasteiger partial charge is 0.478 e. The molecule has 3 aromatic carbocycles. The van der Waals surface area contributed by atoms with Gasteiger partial charge in [0, 0.05) is 53.5 Å². The van der Waals surface area contributed by atoms with Crippen molar-refractivity contribution in [3.8, 4) is 22.5 Å². The van der Waals surface area contributed by atoms with E-state index in [0.29, 0.717) is 22.5 Å². The Kier molecular flexibility index (Phi) is 5.99. The van der Waals surface area contributed by atoms with Crippen LogP contribution in [0.1, 0.15) is 67.6 Å². The van der Waals surface area contributed by atoms with Crippen LogP contribution in [-0.2, 0) is 19.9 Å². The molecule has 5 aliphatic rings. The van der Waals surface area contributed by atoms with Crippen LogP contribution in [0, 0.1) is 0 Å². The summed E-state index contributed by atoms with van der Waals surface area (Å²) in [5, 5.41) is 12.0. The zero-order valence-corrected chi connectivity index (χ0v) is 26.6. The van der Waals surface area contributed by atoms with Gasteiger partial charge in [-0.3, -0.25) is 0 Å². The summed E-state index contributed by atoms with van der Waals surface area (Å²) < 4.78 is 8.74. The van der Waals surface area contributed by atoms with E-state index in [9.17, 15) is 14.7 Å². The smallest absolute Gasteiger partial charge is 0.424 e. The van der Waals surface area contributed by atoms with Crippen LogP contribution in [0.5, 0.6) is 0 Å². The molecule has 7 heteroatoms. The lowest BCUT2D eigenvalue weighted by molar-refractivity contribution is -0.658. The fraction of sp³-hybridized carbons (Fsp3) is 0.342. The molecule has 7 nitrogen and oxygen atoms in total. The number of rotatable bonds is 3. The number of benzene rings is 3. The Balaban J connectivity index is 1.59. The number of carboxylic acid groups (broad SMARTS) is 1. The van der Waals surface area contributed by atoms with E-state index in [0.717, 1.165) is 78.4 Å². The molecule has 5 aliphatic heterocycles. The molecule has 0 saturated carbocycles. The molecule has 0 spiro atoms. The predicted octanol–water partition coefficient (Wildman–Crippen LogP) is 6.96. The highest BCUT2D eigenvalue weighted by Gasteiger charge is 2.37. The minimum Gasteiger partial charge on any atom is -0.478 e. The van der Waals surface area contributed by atoms with Gasteiger partial charge < -0.3 is 19.3 Å². The number of hydrogen-bond donors (Lipinski definition) is 1. The van der Waals surface area contributed by atoms with E-state index in [1.165, 1.54) is 22.4 Å². The Labute approximate surface area is 262 Å². The van der Waals surface area contributed by atoms with Gasteiger partial charge in [0.25, 0.3) is 0 Å². The van der Waals surface area contributed by atoms with Crippen LogP contribution >= 0.6 is 0 Å². The van der Waals surface area contributed by atoms with Gasteiger partial charge in [-0.1, -0.05) is 24.3 Å². The highest BCUT2D eigenvalue weighted by molar-refractivity contribution is 6.12. The normalized spacial score (nSPS) is 17.0. The average molecular weight is 601 g/mol. The van der Waals surface area contributed by atoms with Crippen LogP contribution in [0.3, 0.4) is 0 Å². The number of carbonyl (C=O) groups is 1. The van der Waals surface area contributed by atoms with Gasteiger partial charge in [0.2, 0.25) is 5.52 Å². The van der Waals surface area contributed by atoms with Crippen molar-refractivity contribution in [1.82, 2.24) is 0 Å². The van der Waals surface area contributed by atoms with Crippen molar-refractivity contribution in [2.45, 2.75) is 58.9 Å². The van der Waals surface area contributed by atoms with E-state index in [4.69, 9.17) is 4.42 Å². The molecule has 1 N–H and O–H groups in total. The fourth-order valence-electron chi connectivity index (χ4n) is 8.52. The van der Waals surface area contributed by atoms with E-state index in [-0.39, 0.29) is 16.7 Å². The van der Waals surface area contributed by atoms with Crippen LogP contribution in [0.15, 0.2) is 57.8 Å². The van der Waals surface area contributed by atoms with E-state index >= 15 is 0 Å². The van der Waals surface area contributed by atoms with E-state index < -0.39 is 5.97 Å². The number of allylic oxidation sites excluding steroid dienone is 1. The Bertz CT molecular complexity index is 2170. The van der Waals surface area contributed by atoms with Gasteiger partial charge in [-0.15, -0.1) is 0 Å². The summed E-state index contributed by atoms with van der Waals surface area (Å²) >= 11 is 0. The first kappa shape index (κ1) is 27.9. The summed E-state index contributed by atoms with van der Waals surface area (Å²) in [6.07, 6.45) is 6.23. The van der Waals surface area contributed by atoms with Crippen LogP contribution < -0.4 is 19.9 Å². The topological polar surface area (TPSA) is 77.9 Å². The predicted molar refractivity (Wildman–Crippen MR) is 180 cm³/mol. The summed E-state index contributed by atoms with van der Waals surface area (Å²) in [5.41, 5.74) is 10.1. The third-order valence-electron chi connectivity index (χ3n) is 10.4. The Morgan fingerprint density at radius 2 is 1.78 bits per heavy atom. The zero-order chi connectivity index (χ0) is 31.4. The lowest BCUT2D eigenvalue weighted by atomic mass is 9.84. The Morgan fingerprint density at radius 1 is 1.02 bits per heavy atom. The van der Waals surface area contributed by atoms with Crippen molar-refractivity contribution in [2.75, 3.05) is 29.4 Å². The summed E-state index contributed by atoms with van der Waals surface area (Å²) in [4.78, 5) is 32.1. The first-order valence-electron chi connectivity index (χ1n) is 16.1. The third kappa shape index (κ3) is 3.85. The number of aromatic nitrogens is 1. The van der Waals surface area contributed by atoms with Gasteiger partial charge in [0.1, 0.15) is 18.2 Å². The van der Waals surface area contributed by atoms with Crippen LogP contribution in [0.4, 0.5) is 11.4 Å². The number of aromatic carboxylic acids is 1. The van der Waals surface area contributed by atoms with Crippen molar-refractivity contribution in [1.29, 1.82) is 0 Å². The number of aryl methyl sites for hydroxylation is 3. The van der Waals surface area contributed by atoms with E-state index in [2.05, 4.69) is 61.8 Å². The molecule has 0 amide bonds. The van der Waals surface area contributed by atoms with Gasteiger partial charge in [-0.2, -0.15) is 4.57 Å². The van der Waals surface area contributed by atoms with Crippen molar-refractivity contribution in [3.63, 3.8) is 0 Å². The molecule has 8 rings (SSSR count). The number of pyridine rings is 1. The monoisotopic (exact) mass is 600 g/mol. The van der Waals surface area contributed by atoms with Gasteiger partial charge in [0.15, 0.2) is 5.76 Å². The van der Waals surface area contributed by atoms with Crippen LogP contribution in [0.2, 0.25) is 0 Å². The molecular formula is C38H38N3O4+. The second-order valence-corrected chi connectivity index (χ2v) is 13.4. The average Bonchev–Trinajstić information content (AvgIpc) is 3.02. The third-order valence-corrected chi connectivity index (χ3v) is 10.4. The number of hydrogen-bond acceptors (Lipinski definition) is 5. The second-order valence-electron chi connectivity index (χ2n) is 13.4. The molecule has 0 atom stereocenters. The molecule has 0 saturated heterocycles. The molecule has 0 unspecified atom stereocenters.